The summed E-state index contributed by atoms with van der Waals surface area (Å²) in [6.07, 6.45) is 14.0. The molecule has 6 rings (SSSR count). The molecule has 0 atom stereocenters. The van der Waals surface area contributed by atoms with Crippen molar-refractivity contribution in [1.29, 1.82) is 0 Å². The highest BCUT2D eigenvalue weighted by Crippen LogP contribution is 2.32. The molecule has 2 aliphatic carbocycles. The molecule has 2 fully saturated rings. The zero-order valence-electron chi connectivity index (χ0n) is 20.4. The predicted molar refractivity (Wildman–Crippen MR) is 141 cm³/mol. The van der Waals surface area contributed by atoms with E-state index in [2.05, 4.69) is 38.7 Å². The molecule has 0 saturated heterocycles. The fourth-order valence-electron chi connectivity index (χ4n) is 6.31. The van der Waals surface area contributed by atoms with Crippen molar-refractivity contribution >= 4 is 27.8 Å². The Kier molecular flexibility index (Phi) is 6.24. The number of fused-ring (bicyclic) bond motifs is 2. The standard InChI is InChI=1S/C30H34N4O/c35-29(34(24-11-3-1-4-12-24)25-13-5-2-6-14-25)21-33-28-16-8-7-15-27(28)32-30(33)23-17-18-26-22(20-23)10-9-19-31-26/h7-10,15-20,24-25H,1-6,11-14,21H2. The lowest BCUT2D eigenvalue weighted by Crippen LogP contribution is -2.50. The van der Waals surface area contributed by atoms with Crippen molar-refractivity contribution in [3.8, 4) is 11.4 Å². The lowest BCUT2D eigenvalue weighted by Gasteiger charge is -2.42. The van der Waals surface area contributed by atoms with E-state index in [0.29, 0.717) is 18.6 Å². The molecule has 0 N–H and O–H groups in total. The van der Waals surface area contributed by atoms with Crippen molar-refractivity contribution in [3.63, 3.8) is 0 Å². The molecule has 180 valence electrons. The van der Waals surface area contributed by atoms with Crippen molar-refractivity contribution < 1.29 is 4.79 Å². The summed E-state index contributed by atoms with van der Waals surface area (Å²) in [5.74, 6) is 1.12. The Labute approximate surface area is 207 Å². The molecule has 35 heavy (non-hydrogen) atoms. The van der Waals surface area contributed by atoms with Gasteiger partial charge in [-0.15, -0.1) is 0 Å². The highest BCUT2D eigenvalue weighted by molar-refractivity contribution is 5.88. The predicted octanol–water partition coefficient (Wildman–Crippen LogP) is 6.75. The Morgan fingerprint density at radius 1 is 0.829 bits per heavy atom. The van der Waals surface area contributed by atoms with Crippen LogP contribution in [0.25, 0.3) is 33.3 Å². The van der Waals surface area contributed by atoms with Gasteiger partial charge >= 0.3 is 0 Å². The summed E-state index contributed by atoms with van der Waals surface area (Å²) < 4.78 is 2.15. The molecule has 0 unspecified atom stereocenters. The molecule has 2 aromatic carbocycles. The average Bonchev–Trinajstić information content (AvgIpc) is 3.28. The first kappa shape index (κ1) is 22.3. The van der Waals surface area contributed by atoms with E-state index in [0.717, 1.165) is 59.0 Å². The van der Waals surface area contributed by atoms with Gasteiger partial charge in [0.15, 0.2) is 0 Å². The van der Waals surface area contributed by atoms with Crippen LogP contribution in [0.4, 0.5) is 0 Å². The summed E-state index contributed by atoms with van der Waals surface area (Å²) in [6.45, 7) is 0.341. The van der Waals surface area contributed by atoms with Crippen LogP contribution < -0.4 is 0 Å². The van der Waals surface area contributed by atoms with Gasteiger partial charge in [-0.3, -0.25) is 9.78 Å². The summed E-state index contributed by atoms with van der Waals surface area (Å²) in [6, 6.07) is 19.3. The molecule has 0 bridgehead atoms. The molecule has 2 heterocycles. The van der Waals surface area contributed by atoms with Crippen molar-refractivity contribution in [2.24, 2.45) is 0 Å². The molecule has 1 amide bonds. The number of nitrogens with zero attached hydrogens (tertiary/aromatic N) is 4. The molecular weight excluding hydrogens is 432 g/mol. The first-order chi connectivity index (χ1) is 17.3. The van der Waals surface area contributed by atoms with E-state index in [1.54, 1.807) is 0 Å². The normalized spacial score (nSPS) is 17.7. The second kappa shape index (κ2) is 9.80. The van der Waals surface area contributed by atoms with Gasteiger partial charge in [-0.2, -0.15) is 0 Å². The monoisotopic (exact) mass is 466 g/mol. The van der Waals surface area contributed by atoms with Crippen LogP contribution in [0.3, 0.4) is 0 Å². The number of benzene rings is 2. The molecule has 0 aliphatic heterocycles. The number of carbonyl (C=O) groups is 1. The smallest absolute Gasteiger partial charge is 0.243 e. The highest BCUT2D eigenvalue weighted by Gasteiger charge is 2.33. The van der Waals surface area contributed by atoms with Crippen LogP contribution in [-0.4, -0.2) is 37.4 Å². The van der Waals surface area contributed by atoms with Crippen molar-refractivity contribution in [3.05, 3.63) is 60.8 Å². The first-order valence-electron chi connectivity index (χ1n) is 13.4. The van der Waals surface area contributed by atoms with Gasteiger partial charge in [-0.05, 0) is 62.1 Å². The third-order valence-electron chi connectivity index (χ3n) is 8.03. The summed E-state index contributed by atoms with van der Waals surface area (Å²) in [7, 11) is 0. The van der Waals surface area contributed by atoms with Crippen LogP contribution in [-0.2, 0) is 11.3 Å². The van der Waals surface area contributed by atoms with Crippen LogP contribution in [0.2, 0.25) is 0 Å². The fraction of sp³-hybridized carbons (Fsp3) is 0.433. The first-order valence-corrected chi connectivity index (χ1v) is 13.4. The van der Waals surface area contributed by atoms with Crippen molar-refractivity contribution in [2.45, 2.75) is 82.8 Å². The SMILES string of the molecule is O=C(Cn1c(-c2ccc3ncccc3c2)nc2ccccc21)N(C1CCCCC1)C1CCCCC1. The van der Waals surface area contributed by atoms with Gasteiger partial charge < -0.3 is 9.47 Å². The maximum Gasteiger partial charge on any atom is 0.243 e. The van der Waals surface area contributed by atoms with Gasteiger partial charge in [-0.25, -0.2) is 4.98 Å². The number of rotatable bonds is 5. The maximum atomic E-state index is 14.1. The molecule has 5 heteroatoms. The van der Waals surface area contributed by atoms with E-state index in [9.17, 15) is 4.79 Å². The highest BCUT2D eigenvalue weighted by atomic mass is 16.2. The van der Waals surface area contributed by atoms with Gasteiger partial charge in [0.25, 0.3) is 0 Å². The van der Waals surface area contributed by atoms with Gasteiger partial charge in [0.2, 0.25) is 5.91 Å². The summed E-state index contributed by atoms with van der Waals surface area (Å²) >= 11 is 0. The van der Waals surface area contributed by atoms with E-state index in [-0.39, 0.29) is 5.91 Å². The van der Waals surface area contributed by atoms with Gasteiger partial charge in [-0.1, -0.05) is 56.7 Å². The fourth-order valence-corrected chi connectivity index (χ4v) is 6.31. The Bertz CT molecular complexity index is 1310. The average molecular weight is 467 g/mol. The third kappa shape index (κ3) is 4.44. The minimum absolute atomic E-state index is 0.260. The number of hydrogen-bond acceptors (Lipinski definition) is 3. The number of amides is 1. The lowest BCUT2D eigenvalue weighted by atomic mass is 9.88. The maximum absolute atomic E-state index is 14.1. The number of carbonyl (C=O) groups excluding carboxylic acids is 1. The quantitative estimate of drug-likeness (QED) is 0.327. The van der Waals surface area contributed by atoms with Crippen molar-refractivity contribution in [1.82, 2.24) is 19.4 Å². The van der Waals surface area contributed by atoms with E-state index in [1.807, 2.05) is 36.5 Å². The number of imidazole rings is 1. The number of hydrogen-bond donors (Lipinski definition) is 0. The molecule has 0 spiro atoms. The van der Waals surface area contributed by atoms with Gasteiger partial charge in [0.1, 0.15) is 12.4 Å². The topological polar surface area (TPSA) is 51.0 Å². The van der Waals surface area contributed by atoms with Gasteiger partial charge in [0.05, 0.1) is 16.6 Å². The summed E-state index contributed by atoms with van der Waals surface area (Å²) in [4.78, 5) is 25.9. The number of aromatic nitrogens is 3. The molecule has 4 aromatic rings. The molecular formula is C30H34N4O. The van der Waals surface area contributed by atoms with Crippen LogP contribution in [0.1, 0.15) is 64.2 Å². The van der Waals surface area contributed by atoms with E-state index >= 15 is 0 Å². The minimum atomic E-state index is 0.260. The second-order valence-electron chi connectivity index (χ2n) is 10.3. The van der Waals surface area contributed by atoms with Gasteiger partial charge in [0, 0.05) is 29.2 Å². The zero-order valence-corrected chi connectivity index (χ0v) is 20.4. The Morgan fingerprint density at radius 3 is 2.29 bits per heavy atom. The van der Waals surface area contributed by atoms with E-state index < -0.39 is 0 Å². The molecule has 2 saturated carbocycles. The molecule has 2 aliphatic rings. The molecule has 0 radical (unpaired) electrons. The van der Waals surface area contributed by atoms with Crippen molar-refractivity contribution in [2.75, 3.05) is 0 Å². The van der Waals surface area contributed by atoms with E-state index in [1.165, 1.54) is 38.5 Å². The Morgan fingerprint density at radius 2 is 1.54 bits per heavy atom. The Balaban J connectivity index is 1.39. The largest absolute Gasteiger partial charge is 0.335 e. The minimum Gasteiger partial charge on any atom is -0.335 e. The number of pyridine rings is 1. The molecule has 5 nitrogen and oxygen atoms in total. The van der Waals surface area contributed by atoms with Crippen LogP contribution in [0.5, 0.6) is 0 Å². The third-order valence-corrected chi connectivity index (χ3v) is 8.03. The summed E-state index contributed by atoms with van der Waals surface area (Å²) in [5, 5.41) is 1.08. The molecule has 2 aromatic heterocycles. The summed E-state index contributed by atoms with van der Waals surface area (Å²) in [5.41, 5.74) is 3.95. The van der Waals surface area contributed by atoms with E-state index in [4.69, 9.17) is 4.98 Å². The number of para-hydroxylation sites is 2. The van der Waals surface area contributed by atoms with Crippen LogP contribution >= 0.6 is 0 Å². The zero-order chi connectivity index (χ0) is 23.6. The lowest BCUT2D eigenvalue weighted by molar-refractivity contribution is -0.138. The second-order valence-corrected chi connectivity index (χ2v) is 10.3. The van der Waals surface area contributed by atoms with Crippen LogP contribution in [0.15, 0.2) is 60.8 Å². The van der Waals surface area contributed by atoms with Crippen LogP contribution in [0, 0.1) is 0 Å². The Hall–Kier alpha value is -3.21.